The first kappa shape index (κ1) is 15.3. The van der Waals surface area contributed by atoms with Crippen molar-refractivity contribution in [3.8, 4) is 16.6 Å². The molecule has 6 heteroatoms. The number of nitrogens with zero attached hydrogens (tertiary/aromatic N) is 2. The monoisotopic (exact) mass is 325 g/mol. The lowest BCUT2D eigenvalue weighted by Crippen LogP contribution is -1.96. The van der Waals surface area contributed by atoms with E-state index < -0.39 is 5.97 Å². The Hall–Kier alpha value is -2.65. The largest absolute Gasteiger partial charge is 0.477 e. The molecule has 2 N–H and O–H groups in total. The van der Waals surface area contributed by atoms with Gasteiger partial charge < -0.3 is 10.1 Å². The Morgan fingerprint density at radius 2 is 2.26 bits per heavy atom. The van der Waals surface area contributed by atoms with Crippen LogP contribution in [-0.4, -0.2) is 21.0 Å². The van der Waals surface area contributed by atoms with Crippen LogP contribution in [0.15, 0.2) is 24.4 Å². The second kappa shape index (κ2) is 5.86. The second-order valence-electron chi connectivity index (χ2n) is 5.78. The lowest BCUT2D eigenvalue weighted by Gasteiger charge is -2.01. The van der Waals surface area contributed by atoms with E-state index in [1.165, 1.54) is 6.20 Å². The van der Waals surface area contributed by atoms with Gasteiger partial charge in [-0.25, -0.2) is 9.78 Å². The summed E-state index contributed by atoms with van der Waals surface area (Å²) in [5, 5.41) is 20.0. The van der Waals surface area contributed by atoms with Crippen LogP contribution in [-0.2, 0) is 6.42 Å². The summed E-state index contributed by atoms with van der Waals surface area (Å²) in [5.41, 5.74) is 3.34. The molecule has 23 heavy (non-hydrogen) atoms. The van der Waals surface area contributed by atoms with Crippen molar-refractivity contribution in [2.75, 3.05) is 0 Å². The van der Waals surface area contributed by atoms with E-state index in [9.17, 15) is 10.1 Å². The van der Waals surface area contributed by atoms with Crippen molar-refractivity contribution in [3.05, 3.63) is 40.5 Å². The van der Waals surface area contributed by atoms with Gasteiger partial charge >= 0.3 is 5.97 Å². The van der Waals surface area contributed by atoms with Crippen LogP contribution in [0.5, 0.6) is 0 Å². The molecule has 3 aromatic rings. The Labute approximate surface area is 137 Å². The number of benzene rings is 1. The number of fused-ring (bicyclic) bond motifs is 1. The molecular formula is C17H15N3O2S. The summed E-state index contributed by atoms with van der Waals surface area (Å²) >= 11 is 1.13. The number of nitriles is 1. The lowest BCUT2D eigenvalue weighted by molar-refractivity contribution is 0.0702. The fraction of sp³-hybridized carbons (Fsp3) is 0.235. The average molecular weight is 325 g/mol. The van der Waals surface area contributed by atoms with E-state index in [0.717, 1.165) is 39.9 Å². The lowest BCUT2D eigenvalue weighted by atomic mass is 10.0. The number of carbonyl (C=O) groups is 1. The minimum atomic E-state index is -0.978. The maximum atomic E-state index is 11.0. The number of H-pyrrole nitrogens is 1. The molecule has 0 saturated heterocycles. The van der Waals surface area contributed by atoms with Crippen LogP contribution in [0.25, 0.3) is 21.5 Å². The Bertz CT molecular complexity index is 931. The molecule has 0 fully saturated rings. The van der Waals surface area contributed by atoms with Gasteiger partial charge in [0.05, 0.1) is 11.8 Å². The van der Waals surface area contributed by atoms with E-state index in [1.54, 1.807) is 0 Å². The molecule has 2 aromatic heterocycles. The first-order chi connectivity index (χ1) is 11.0. The SMILES string of the molecule is CC(C)Cc1[nH]c2ccc(-c3ncc(C(=O)O)s3)cc2c1C#N. The van der Waals surface area contributed by atoms with E-state index in [-0.39, 0.29) is 4.88 Å². The van der Waals surface area contributed by atoms with Gasteiger partial charge in [0.15, 0.2) is 0 Å². The summed E-state index contributed by atoms with van der Waals surface area (Å²) in [7, 11) is 0. The number of nitrogens with one attached hydrogen (secondary N) is 1. The molecule has 0 aliphatic carbocycles. The van der Waals surface area contributed by atoms with Gasteiger partial charge in [-0.3, -0.25) is 0 Å². The van der Waals surface area contributed by atoms with Gasteiger partial charge in [-0.05, 0) is 30.5 Å². The van der Waals surface area contributed by atoms with Crippen molar-refractivity contribution in [1.29, 1.82) is 5.26 Å². The topological polar surface area (TPSA) is 89.8 Å². The molecule has 3 rings (SSSR count). The van der Waals surface area contributed by atoms with Gasteiger partial charge in [-0.15, -0.1) is 11.3 Å². The van der Waals surface area contributed by atoms with E-state index in [1.807, 2.05) is 18.2 Å². The van der Waals surface area contributed by atoms with Gasteiger partial charge in [-0.2, -0.15) is 5.26 Å². The number of carboxylic acid groups (broad SMARTS) is 1. The van der Waals surface area contributed by atoms with Crippen LogP contribution in [0.4, 0.5) is 0 Å². The van der Waals surface area contributed by atoms with Crippen LogP contribution in [0.3, 0.4) is 0 Å². The molecule has 1 aromatic carbocycles. The summed E-state index contributed by atoms with van der Waals surface area (Å²) in [6, 6.07) is 7.99. The smallest absolute Gasteiger partial charge is 0.347 e. The molecule has 0 atom stereocenters. The number of hydrogen-bond donors (Lipinski definition) is 2. The molecule has 0 aliphatic rings. The molecular weight excluding hydrogens is 310 g/mol. The Morgan fingerprint density at radius 1 is 1.48 bits per heavy atom. The summed E-state index contributed by atoms with van der Waals surface area (Å²) in [4.78, 5) is 18.7. The second-order valence-corrected chi connectivity index (χ2v) is 6.81. The van der Waals surface area contributed by atoms with E-state index >= 15 is 0 Å². The third kappa shape index (κ3) is 2.83. The van der Waals surface area contributed by atoms with Gasteiger partial charge in [0.2, 0.25) is 0 Å². The van der Waals surface area contributed by atoms with Gasteiger partial charge in [0, 0.05) is 22.2 Å². The zero-order chi connectivity index (χ0) is 16.6. The third-order valence-electron chi connectivity index (χ3n) is 3.56. The summed E-state index contributed by atoms with van der Waals surface area (Å²) in [6.07, 6.45) is 2.17. The number of rotatable bonds is 4. The quantitative estimate of drug-likeness (QED) is 0.757. The van der Waals surface area contributed by atoms with E-state index in [0.29, 0.717) is 16.5 Å². The van der Waals surface area contributed by atoms with Crippen LogP contribution >= 0.6 is 11.3 Å². The maximum Gasteiger partial charge on any atom is 0.347 e. The highest BCUT2D eigenvalue weighted by molar-refractivity contribution is 7.16. The van der Waals surface area contributed by atoms with Crippen LogP contribution in [0.1, 0.15) is 34.8 Å². The average Bonchev–Trinajstić information content (AvgIpc) is 3.09. The van der Waals surface area contributed by atoms with Gasteiger partial charge in [0.1, 0.15) is 16.0 Å². The number of aromatic carboxylic acids is 1. The van der Waals surface area contributed by atoms with Crippen LogP contribution < -0.4 is 0 Å². The van der Waals surface area contributed by atoms with Crippen molar-refractivity contribution in [1.82, 2.24) is 9.97 Å². The highest BCUT2D eigenvalue weighted by atomic mass is 32.1. The molecule has 0 aliphatic heterocycles. The van der Waals surface area contributed by atoms with E-state index in [4.69, 9.17) is 5.11 Å². The molecule has 0 bridgehead atoms. The standard InChI is InChI=1S/C17H15N3O2S/c1-9(2)5-14-12(7-18)11-6-10(3-4-13(11)20-14)16-19-8-15(23-16)17(21)22/h3-4,6,8-9,20H,5H2,1-2H3,(H,21,22). The van der Waals surface area contributed by atoms with Crippen molar-refractivity contribution in [2.45, 2.75) is 20.3 Å². The summed E-state index contributed by atoms with van der Waals surface area (Å²) in [6.45, 7) is 4.22. The van der Waals surface area contributed by atoms with Crippen molar-refractivity contribution >= 4 is 28.2 Å². The molecule has 5 nitrogen and oxygen atoms in total. The fourth-order valence-electron chi connectivity index (χ4n) is 2.58. The molecule has 116 valence electrons. The van der Waals surface area contributed by atoms with Crippen LogP contribution in [0.2, 0.25) is 0 Å². The number of hydrogen-bond acceptors (Lipinski definition) is 4. The first-order valence-corrected chi connectivity index (χ1v) is 8.05. The van der Waals surface area contributed by atoms with E-state index in [2.05, 4.69) is 29.9 Å². The zero-order valence-electron chi connectivity index (χ0n) is 12.8. The van der Waals surface area contributed by atoms with Crippen LogP contribution in [0, 0.1) is 17.2 Å². The molecule has 2 heterocycles. The minimum Gasteiger partial charge on any atom is -0.477 e. The fourth-order valence-corrected chi connectivity index (χ4v) is 3.33. The third-order valence-corrected chi connectivity index (χ3v) is 4.60. The first-order valence-electron chi connectivity index (χ1n) is 7.23. The number of aromatic amines is 1. The predicted molar refractivity (Wildman–Crippen MR) is 89.6 cm³/mol. The zero-order valence-corrected chi connectivity index (χ0v) is 13.6. The maximum absolute atomic E-state index is 11.0. The minimum absolute atomic E-state index is 0.204. The highest BCUT2D eigenvalue weighted by Gasteiger charge is 2.15. The Kier molecular flexibility index (Phi) is 3.89. The van der Waals surface area contributed by atoms with Gasteiger partial charge in [0.25, 0.3) is 0 Å². The molecule has 0 amide bonds. The molecule has 0 unspecified atom stereocenters. The Morgan fingerprint density at radius 3 is 2.87 bits per heavy atom. The molecule has 0 spiro atoms. The van der Waals surface area contributed by atoms with Crippen molar-refractivity contribution in [2.24, 2.45) is 5.92 Å². The summed E-state index contributed by atoms with van der Waals surface area (Å²) < 4.78 is 0. The number of thiazole rings is 1. The van der Waals surface area contributed by atoms with Gasteiger partial charge in [-0.1, -0.05) is 13.8 Å². The Balaban J connectivity index is 2.10. The molecule has 0 saturated carbocycles. The van der Waals surface area contributed by atoms with Crippen molar-refractivity contribution in [3.63, 3.8) is 0 Å². The molecule has 0 radical (unpaired) electrons. The highest BCUT2D eigenvalue weighted by Crippen LogP contribution is 2.31. The summed E-state index contributed by atoms with van der Waals surface area (Å²) in [5.74, 6) is -0.528. The predicted octanol–water partition coefficient (Wildman–Crippen LogP) is 4.06. The number of aromatic nitrogens is 2. The normalized spacial score (nSPS) is 11.0. The number of carboxylic acids is 1. The van der Waals surface area contributed by atoms with Crippen molar-refractivity contribution < 1.29 is 9.90 Å².